The van der Waals surface area contributed by atoms with Crippen molar-refractivity contribution in [2.24, 2.45) is 0 Å². The fourth-order valence-electron chi connectivity index (χ4n) is 1.79. The highest BCUT2D eigenvalue weighted by molar-refractivity contribution is 5.42. The van der Waals surface area contributed by atoms with Gasteiger partial charge in [0.1, 0.15) is 24.5 Å². The Hall–Kier alpha value is -1.57. The highest BCUT2D eigenvalue weighted by Gasteiger charge is 2.20. The van der Waals surface area contributed by atoms with E-state index in [0.29, 0.717) is 17.9 Å². The summed E-state index contributed by atoms with van der Waals surface area (Å²) in [6.07, 6.45) is 1.42. The maximum absolute atomic E-state index is 9.96. The number of nitriles is 1. The quantitative estimate of drug-likeness (QED) is 0.765. The van der Waals surface area contributed by atoms with Crippen molar-refractivity contribution in [3.63, 3.8) is 0 Å². The number of benzene rings is 1. The Morgan fingerprint density at radius 3 is 2.60 bits per heavy atom. The van der Waals surface area contributed by atoms with E-state index in [-0.39, 0.29) is 12.1 Å². The van der Waals surface area contributed by atoms with Crippen molar-refractivity contribution in [2.75, 3.05) is 13.2 Å². The SMILES string of the molecule is CCC(C)(CC)NCC(O)COc1ccccc1C#N. The predicted molar refractivity (Wildman–Crippen MR) is 79.6 cm³/mol. The summed E-state index contributed by atoms with van der Waals surface area (Å²) < 4.78 is 5.51. The number of hydrogen-bond donors (Lipinski definition) is 2. The molecule has 2 N–H and O–H groups in total. The third-order valence-corrected chi connectivity index (χ3v) is 3.76. The molecule has 1 aromatic carbocycles. The van der Waals surface area contributed by atoms with Gasteiger partial charge in [-0.05, 0) is 31.9 Å². The Balaban J connectivity index is 2.44. The van der Waals surface area contributed by atoms with Gasteiger partial charge in [-0.1, -0.05) is 26.0 Å². The van der Waals surface area contributed by atoms with Gasteiger partial charge in [0, 0.05) is 12.1 Å². The molecule has 0 heterocycles. The van der Waals surface area contributed by atoms with E-state index in [9.17, 15) is 5.11 Å². The second-order valence-corrected chi connectivity index (χ2v) is 5.22. The van der Waals surface area contributed by atoms with E-state index in [2.05, 4.69) is 32.2 Å². The molecule has 0 radical (unpaired) electrons. The van der Waals surface area contributed by atoms with Crippen molar-refractivity contribution in [2.45, 2.75) is 45.3 Å². The summed E-state index contributed by atoms with van der Waals surface area (Å²) in [6.45, 7) is 7.05. The van der Waals surface area contributed by atoms with Crippen LogP contribution in [0.5, 0.6) is 5.75 Å². The van der Waals surface area contributed by atoms with Crippen molar-refractivity contribution in [1.82, 2.24) is 5.32 Å². The van der Waals surface area contributed by atoms with Crippen molar-refractivity contribution >= 4 is 0 Å². The highest BCUT2D eigenvalue weighted by atomic mass is 16.5. The Bertz CT molecular complexity index is 450. The number of β-amino-alcohol motifs (C(OH)–C–C–N with tert-alkyl or cyclic N) is 1. The average Bonchev–Trinajstić information content (AvgIpc) is 2.50. The maximum Gasteiger partial charge on any atom is 0.137 e. The molecular formula is C16H24N2O2. The first-order valence-corrected chi connectivity index (χ1v) is 7.09. The molecule has 20 heavy (non-hydrogen) atoms. The van der Waals surface area contributed by atoms with Crippen molar-refractivity contribution in [1.29, 1.82) is 5.26 Å². The summed E-state index contributed by atoms with van der Waals surface area (Å²) in [7, 11) is 0. The first kappa shape index (κ1) is 16.5. The number of aliphatic hydroxyl groups excluding tert-OH is 1. The summed E-state index contributed by atoms with van der Waals surface area (Å²) in [5.74, 6) is 0.516. The zero-order valence-corrected chi connectivity index (χ0v) is 12.5. The first-order valence-electron chi connectivity index (χ1n) is 7.09. The molecule has 1 unspecified atom stereocenters. The maximum atomic E-state index is 9.96. The standard InChI is InChI=1S/C16H24N2O2/c1-4-16(3,5-2)18-11-14(19)12-20-15-9-7-6-8-13(15)10-17/h6-9,14,18-19H,4-5,11-12H2,1-3H3. The lowest BCUT2D eigenvalue weighted by Crippen LogP contribution is -2.46. The first-order chi connectivity index (χ1) is 9.54. The zero-order valence-electron chi connectivity index (χ0n) is 12.5. The summed E-state index contributed by atoms with van der Waals surface area (Å²) in [5.41, 5.74) is 0.533. The molecule has 0 aromatic heterocycles. The van der Waals surface area contributed by atoms with Gasteiger partial charge in [-0.2, -0.15) is 5.26 Å². The molecular weight excluding hydrogens is 252 g/mol. The topological polar surface area (TPSA) is 65.3 Å². The zero-order chi connectivity index (χ0) is 15.0. The minimum absolute atomic E-state index is 0.0472. The third kappa shape index (κ3) is 4.84. The lowest BCUT2D eigenvalue weighted by Gasteiger charge is -2.29. The summed E-state index contributed by atoms with van der Waals surface area (Å²) in [6, 6.07) is 9.11. The van der Waals surface area contributed by atoms with Crippen molar-refractivity contribution < 1.29 is 9.84 Å². The molecule has 0 spiro atoms. The van der Waals surface area contributed by atoms with Gasteiger partial charge in [0.05, 0.1) is 5.56 Å². The molecule has 0 aliphatic rings. The fourth-order valence-corrected chi connectivity index (χ4v) is 1.79. The third-order valence-electron chi connectivity index (χ3n) is 3.76. The van der Waals surface area contributed by atoms with Crippen LogP contribution in [0, 0.1) is 11.3 Å². The molecule has 0 saturated heterocycles. The molecule has 4 nitrogen and oxygen atoms in total. The minimum Gasteiger partial charge on any atom is -0.489 e. The number of nitrogens with one attached hydrogen (secondary N) is 1. The number of aliphatic hydroxyl groups is 1. The van der Waals surface area contributed by atoms with Crippen molar-refractivity contribution in [3.8, 4) is 11.8 Å². The molecule has 0 fully saturated rings. The van der Waals surface area contributed by atoms with Crippen LogP contribution in [-0.2, 0) is 0 Å². The van der Waals surface area contributed by atoms with Crippen LogP contribution in [0.3, 0.4) is 0 Å². The number of ether oxygens (including phenoxy) is 1. The van der Waals surface area contributed by atoms with Crippen LogP contribution in [0.15, 0.2) is 24.3 Å². The van der Waals surface area contributed by atoms with Crippen LogP contribution in [0.2, 0.25) is 0 Å². The monoisotopic (exact) mass is 276 g/mol. The number of hydrogen-bond acceptors (Lipinski definition) is 4. The number of rotatable bonds is 8. The van der Waals surface area contributed by atoms with E-state index in [1.54, 1.807) is 18.2 Å². The molecule has 1 aromatic rings. The van der Waals surface area contributed by atoms with E-state index in [4.69, 9.17) is 10.00 Å². The van der Waals surface area contributed by atoms with E-state index < -0.39 is 6.10 Å². The molecule has 4 heteroatoms. The Labute approximate surface area is 121 Å². The van der Waals surface area contributed by atoms with Gasteiger partial charge in [-0.15, -0.1) is 0 Å². The number of nitrogens with zero attached hydrogens (tertiary/aromatic N) is 1. The van der Waals surface area contributed by atoms with Gasteiger partial charge in [-0.3, -0.25) is 0 Å². The van der Waals surface area contributed by atoms with Crippen molar-refractivity contribution in [3.05, 3.63) is 29.8 Å². The van der Waals surface area contributed by atoms with Crippen LogP contribution in [-0.4, -0.2) is 29.9 Å². The molecule has 0 aliphatic carbocycles. The highest BCUT2D eigenvalue weighted by Crippen LogP contribution is 2.17. The van der Waals surface area contributed by atoms with E-state index >= 15 is 0 Å². The molecule has 1 atom stereocenters. The Morgan fingerprint density at radius 1 is 1.35 bits per heavy atom. The molecule has 1 rings (SSSR count). The summed E-state index contributed by atoms with van der Waals surface area (Å²) in [4.78, 5) is 0. The second-order valence-electron chi connectivity index (χ2n) is 5.22. The molecule has 0 saturated carbocycles. The van der Waals surface area contributed by atoms with Gasteiger partial charge in [0.25, 0.3) is 0 Å². The fraction of sp³-hybridized carbons (Fsp3) is 0.562. The number of para-hydroxylation sites is 1. The van der Waals surface area contributed by atoms with Crippen LogP contribution in [0.25, 0.3) is 0 Å². The van der Waals surface area contributed by atoms with E-state index in [1.165, 1.54) is 0 Å². The van der Waals surface area contributed by atoms with Gasteiger partial charge >= 0.3 is 0 Å². The molecule has 110 valence electrons. The smallest absolute Gasteiger partial charge is 0.137 e. The average molecular weight is 276 g/mol. The van der Waals surface area contributed by atoms with Gasteiger partial charge < -0.3 is 15.2 Å². The Morgan fingerprint density at radius 2 is 2.00 bits per heavy atom. The largest absolute Gasteiger partial charge is 0.489 e. The molecule has 0 amide bonds. The lowest BCUT2D eigenvalue weighted by molar-refractivity contribution is 0.0965. The van der Waals surface area contributed by atoms with Crippen LogP contribution >= 0.6 is 0 Å². The van der Waals surface area contributed by atoms with Gasteiger partial charge in [-0.25, -0.2) is 0 Å². The van der Waals surface area contributed by atoms with Gasteiger partial charge in [0.15, 0.2) is 0 Å². The van der Waals surface area contributed by atoms with E-state index in [0.717, 1.165) is 12.8 Å². The molecule has 0 aliphatic heterocycles. The van der Waals surface area contributed by atoms with Crippen LogP contribution in [0.1, 0.15) is 39.2 Å². The summed E-state index contributed by atoms with van der Waals surface area (Å²) in [5, 5.41) is 22.3. The Kier molecular flexibility index (Phi) is 6.50. The summed E-state index contributed by atoms with van der Waals surface area (Å²) >= 11 is 0. The van der Waals surface area contributed by atoms with Crippen LogP contribution < -0.4 is 10.1 Å². The predicted octanol–water partition coefficient (Wildman–Crippen LogP) is 2.47. The van der Waals surface area contributed by atoms with Gasteiger partial charge in [0.2, 0.25) is 0 Å². The second kappa shape index (κ2) is 7.88. The van der Waals surface area contributed by atoms with E-state index in [1.807, 2.05) is 6.07 Å². The van der Waals surface area contributed by atoms with Crippen LogP contribution in [0.4, 0.5) is 0 Å². The minimum atomic E-state index is -0.598. The lowest BCUT2D eigenvalue weighted by atomic mass is 9.95. The molecule has 0 bridgehead atoms. The normalized spacial score (nSPS) is 12.8.